The summed E-state index contributed by atoms with van der Waals surface area (Å²) >= 11 is -1.39. The Morgan fingerprint density at radius 2 is 0.710 bits per heavy atom. The first-order valence-corrected chi connectivity index (χ1v) is 14.0. The molecule has 0 aromatic heterocycles. The normalized spacial score (nSPS) is 18.0. The van der Waals surface area contributed by atoms with Gasteiger partial charge in [0.25, 0.3) is 0 Å². The minimum Gasteiger partial charge on any atom is -1.00 e. The van der Waals surface area contributed by atoms with Gasteiger partial charge >= 0.3 is 188 Å². The predicted molar refractivity (Wildman–Crippen MR) is 121 cm³/mol. The van der Waals surface area contributed by atoms with Gasteiger partial charge in [-0.2, -0.15) is 0 Å². The third kappa shape index (κ3) is 4.95. The van der Waals surface area contributed by atoms with Gasteiger partial charge in [-0.3, -0.25) is 0 Å². The molecule has 0 spiro atoms. The van der Waals surface area contributed by atoms with Crippen LogP contribution in [0.25, 0.3) is 0 Å². The fraction of sp³-hybridized carbons (Fsp3) is 0.286. The van der Waals surface area contributed by atoms with Gasteiger partial charge in [-0.15, -0.1) is 0 Å². The molecule has 0 radical (unpaired) electrons. The third-order valence-electron chi connectivity index (χ3n) is 6.49. The van der Waals surface area contributed by atoms with Gasteiger partial charge in [0.2, 0.25) is 0 Å². The molecule has 0 heterocycles. The number of hydrogen-bond donors (Lipinski definition) is 0. The molecular formula is C28H30Cl2Hf. The van der Waals surface area contributed by atoms with Crippen molar-refractivity contribution < 1.29 is 47.7 Å². The van der Waals surface area contributed by atoms with Crippen molar-refractivity contribution in [3.63, 3.8) is 0 Å². The van der Waals surface area contributed by atoms with Crippen molar-refractivity contribution in [2.24, 2.45) is 0 Å². The summed E-state index contributed by atoms with van der Waals surface area (Å²) < 4.78 is 0.204. The van der Waals surface area contributed by atoms with Crippen LogP contribution in [-0.2, 0) is 29.2 Å². The first-order valence-electron chi connectivity index (χ1n) is 10.5. The third-order valence-corrected chi connectivity index (χ3v) is 13.6. The number of hydrogen-bond acceptors (Lipinski definition) is 0. The molecule has 0 fully saturated rings. The molecule has 2 aromatic rings. The summed E-state index contributed by atoms with van der Waals surface area (Å²) in [6.07, 6.45) is 10.3. The summed E-state index contributed by atoms with van der Waals surface area (Å²) in [7, 11) is 0. The SMILES string of the molecule is CC1=C[C]([Hf+2][C]2(c3ccc(C)cc3)C=C(C)C(C)=C2)(c2ccc(C)cc2)C=C1C.[Cl-].[Cl-]. The van der Waals surface area contributed by atoms with Crippen LogP contribution in [0.5, 0.6) is 0 Å². The Morgan fingerprint density at radius 3 is 0.968 bits per heavy atom. The number of allylic oxidation sites excluding steroid dienone is 8. The van der Waals surface area contributed by atoms with E-state index < -0.39 is 22.9 Å². The average Bonchev–Trinajstić information content (AvgIpc) is 3.12. The smallest absolute Gasteiger partial charge is 1.00 e. The van der Waals surface area contributed by atoms with E-state index in [0.29, 0.717) is 0 Å². The van der Waals surface area contributed by atoms with Gasteiger partial charge < -0.3 is 24.8 Å². The molecule has 2 aliphatic carbocycles. The van der Waals surface area contributed by atoms with E-state index in [-0.39, 0.29) is 31.2 Å². The van der Waals surface area contributed by atoms with Crippen LogP contribution < -0.4 is 24.8 Å². The first-order chi connectivity index (χ1) is 13.7. The molecule has 0 unspecified atom stereocenters. The molecule has 0 bridgehead atoms. The van der Waals surface area contributed by atoms with E-state index in [2.05, 4.69) is 114 Å². The van der Waals surface area contributed by atoms with Crippen LogP contribution in [0.1, 0.15) is 49.9 Å². The van der Waals surface area contributed by atoms with E-state index in [1.807, 2.05) is 0 Å². The van der Waals surface area contributed by atoms with E-state index in [1.54, 1.807) is 0 Å². The molecule has 0 saturated carbocycles. The number of benzene rings is 2. The minimum absolute atomic E-state index is 0. The van der Waals surface area contributed by atoms with E-state index in [9.17, 15) is 0 Å². The van der Waals surface area contributed by atoms with Crippen LogP contribution in [0.15, 0.2) is 95.1 Å². The molecule has 0 nitrogen and oxygen atoms in total. The van der Waals surface area contributed by atoms with Crippen LogP contribution >= 0.6 is 0 Å². The second kappa shape index (κ2) is 9.77. The Morgan fingerprint density at radius 1 is 0.452 bits per heavy atom. The number of rotatable bonds is 4. The summed E-state index contributed by atoms with van der Waals surface area (Å²) in [5.74, 6) is 0. The maximum Gasteiger partial charge on any atom is -1.00 e. The monoisotopic (exact) mass is 616 g/mol. The summed E-state index contributed by atoms with van der Waals surface area (Å²) in [5.41, 5.74) is 11.4. The summed E-state index contributed by atoms with van der Waals surface area (Å²) in [6.45, 7) is 13.5. The summed E-state index contributed by atoms with van der Waals surface area (Å²) in [5, 5.41) is 0. The zero-order valence-electron chi connectivity index (χ0n) is 19.2. The minimum atomic E-state index is -1.39. The Bertz CT molecular complexity index is 944. The Labute approximate surface area is 211 Å². The van der Waals surface area contributed by atoms with Gasteiger partial charge in [0.15, 0.2) is 0 Å². The van der Waals surface area contributed by atoms with Crippen molar-refractivity contribution in [1.82, 2.24) is 0 Å². The topological polar surface area (TPSA) is 0 Å². The van der Waals surface area contributed by atoms with Gasteiger partial charge in [0, 0.05) is 0 Å². The van der Waals surface area contributed by atoms with E-state index in [1.165, 1.54) is 44.5 Å². The molecule has 3 heteroatoms. The molecular weight excluding hydrogens is 586 g/mol. The summed E-state index contributed by atoms with van der Waals surface area (Å²) in [6, 6.07) is 18.6. The van der Waals surface area contributed by atoms with Crippen molar-refractivity contribution in [1.29, 1.82) is 0 Å². The second-order valence-electron chi connectivity index (χ2n) is 8.90. The maximum absolute atomic E-state index is 2.58. The standard InChI is InChI=1S/2C14H15.2ClH.Hf/c2*1-10-4-6-13(7-5-10)14-8-11(2)12(3)9-14;;;/h2*4-9H,1-3H3;2*1H;/q;;;;+2/p-2. The first kappa shape index (κ1) is 26.1. The van der Waals surface area contributed by atoms with Crippen LogP contribution in [0.3, 0.4) is 0 Å². The number of halogens is 2. The second-order valence-corrected chi connectivity index (χ2v) is 15.7. The molecule has 31 heavy (non-hydrogen) atoms. The molecule has 0 aliphatic heterocycles. The van der Waals surface area contributed by atoms with Crippen molar-refractivity contribution in [2.75, 3.05) is 0 Å². The van der Waals surface area contributed by atoms with Crippen LogP contribution in [0, 0.1) is 13.8 Å². The van der Waals surface area contributed by atoms with E-state index >= 15 is 0 Å². The molecule has 160 valence electrons. The van der Waals surface area contributed by atoms with Crippen molar-refractivity contribution in [3.05, 3.63) is 117 Å². The number of aryl methyl sites for hydroxylation is 2. The zero-order valence-corrected chi connectivity index (χ0v) is 24.3. The van der Waals surface area contributed by atoms with E-state index in [0.717, 1.165) is 0 Å². The zero-order chi connectivity index (χ0) is 20.8. The fourth-order valence-electron chi connectivity index (χ4n) is 4.53. The van der Waals surface area contributed by atoms with Gasteiger partial charge in [0.05, 0.1) is 0 Å². The van der Waals surface area contributed by atoms with Gasteiger partial charge in [-0.25, -0.2) is 0 Å². The molecule has 2 aromatic carbocycles. The van der Waals surface area contributed by atoms with Crippen molar-refractivity contribution in [3.8, 4) is 0 Å². The Balaban J connectivity index is 0.00000171. The largest absolute Gasteiger partial charge is 1.00 e. The van der Waals surface area contributed by atoms with Gasteiger partial charge in [0.1, 0.15) is 0 Å². The molecule has 0 atom stereocenters. The van der Waals surface area contributed by atoms with Crippen molar-refractivity contribution in [2.45, 2.75) is 47.9 Å². The Hall–Kier alpha value is -1.15. The van der Waals surface area contributed by atoms with Gasteiger partial charge in [-0.1, -0.05) is 0 Å². The molecule has 4 rings (SSSR count). The van der Waals surface area contributed by atoms with E-state index in [4.69, 9.17) is 0 Å². The molecule has 0 saturated heterocycles. The van der Waals surface area contributed by atoms with Crippen LogP contribution in [0.2, 0.25) is 0 Å². The predicted octanol–water partition coefficient (Wildman–Crippen LogP) is 1.30. The maximum atomic E-state index is 2.58. The van der Waals surface area contributed by atoms with Crippen molar-refractivity contribution >= 4 is 0 Å². The quantitative estimate of drug-likeness (QED) is 0.456. The Kier molecular flexibility index (Phi) is 8.23. The molecule has 0 amide bonds. The summed E-state index contributed by atoms with van der Waals surface area (Å²) in [4.78, 5) is 0. The van der Waals surface area contributed by atoms with Crippen LogP contribution in [0.4, 0.5) is 0 Å². The molecule has 0 N–H and O–H groups in total. The van der Waals surface area contributed by atoms with Gasteiger partial charge in [-0.05, 0) is 0 Å². The average molecular weight is 616 g/mol. The molecule has 2 aliphatic rings. The van der Waals surface area contributed by atoms with Crippen LogP contribution in [-0.4, -0.2) is 0 Å². The fourth-order valence-corrected chi connectivity index (χ4v) is 13.4.